The van der Waals surface area contributed by atoms with Gasteiger partial charge in [0.05, 0.1) is 18.8 Å². The summed E-state index contributed by atoms with van der Waals surface area (Å²) in [6.07, 6.45) is 3.37. The van der Waals surface area contributed by atoms with Gasteiger partial charge in [-0.25, -0.2) is 4.79 Å². The van der Waals surface area contributed by atoms with Crippen LogP contribution in [0, 0.1) is 0 Å². The van der Waals surface area contributed by atoms with Gasteiger partial charge in [-0.3, -0.25) is 4.90 Å². The normalized spacial score (nSPS) is 26.6. The van der Waals surface area contributed by atoms with E-state index in [2.05, 4.69) is 0 Å². The van der Waals surface area contributed by atoms with Crippen molar-refractivity contribution in [2.45, 2.75) is 57.3 Å². The molecular weight excluding hydrogens is 234 g/mol. The zero-order valence-electron chi connectivity index (χ0n) is 11.3. The summed E-state index contributed by atoms with van der Waals surface area (Å²) in [5.41, 5.74) is -0.772. The second-order valence-corrected chi connectivity index (χ2v) is 6.16. The fourth-order valence-corrected chi connectivity index (χ4v) is 2.33. The molecule has 2 aliphatic rings. The minimum atomic E-state index is -0.546. The number of aldehydes is 1. The third-order valence-electron chi connectivity index (χ3n) is 3.47. The van der Waals surface area contributed by atoms with Crippen LogP contribution in [0.15, 0.2) is 0 Å². The van der Waals surface area contributed by atoms with Gasteiger partial charge in [-0.2, -0.15) is 0 Å². The molecule has 0 aromatic carbocycles. The van der Waals surface area contributed by atoms with Crippen molar-refractivity contribution in [3.05, 3.63) is 0 Å². The maximum Gasteiger partial charge on any atom is 0.411 e. The van der Waals surface area contributed by atoms with Gasteiger partial charge in [0.2, 0.25) is 0 Å². The lowest BCUT2D eigenvalue weighted by Gasteiger charge is -2.50. The van der Waals surface area contributed by atoms with Crippen LogP contribution < -0.4 is 0 Å². The van der Waals surface area contributed by atoms with Crippen molar-refractivity contribution in [3.8, 4) is 0 Å². The van der Waals surface area contributed by atoms with E-state index in [1.54, 1.807) is 0 Å². The van der Waals surface area contributed by atoms with E-state index in [4.69, 9.17) is 9.47 Å². The maximum absolute atomic E-state index is 12.1. The van der Waals surface area contributed by atoms with Gasteiger partial charge in [0.25, 0.3) is 0 Å². The number of hydrogen-bond acceptors (Lipinski definition) is 4. The van der Waals surface area contributed by atoms with Crippen molar-refractivity contribution >= 4 is 12.4 Å². The smallest absolute Gasteiger partial charge is 0.411 e. The second-order valence-electron chi connectivity index (χ2n) is 6.16. The average molecular weight is 255 g/mol. The molecule has 0 radical (unpaired) electrons. The number of morpholine rings is 1. The predicted octanol–water partition coefficient (Wildman–Crippen LogP) is 1.74. The fourth-order valence-electron chi connectivity index (χ4n) is 2.33. The van der Waals surface area contributed by atoms with Gasteiger partial charge in [-0.1, -0.05) is 0 Å². The molecule has 1 spiro atoms. The maximum atomic E-state index is 12.1. The molecule has 0 N–H and O–H groups in total. The topological polar surface area (TPSA) is 55.8 Å². The van der Waals surface area contributed by atoms with Crippen molar-refractivity contribution < 1.29 is 19.1 Å². The van der Waals surface area contributed by atoms with Gasteiger partial charge in [-0.15, -0.1) is 0 Å². The van der Waals surface area contributed by atoms with Crippen LogP contribution in [-0.2, 0) is 14.3 Å². The zero-order valence-corrected chi connectivity index (χ0v) is 11.3. The number of hydrogen-bond donors (Lipinski definition) is 0. The number of nitrogens with zero attached hydrogens (tertiary/aromatic N) is 1. The number of amides is 1. The van der Waals surface area contributed by atoms with Gasteiger partial charge in [0.15, 0.2) is 0 Å². The summed E-state index contributed by atoms with van der Waals surface area (Å²) in [5.74, 6) is 0. The molecule has 1 aliphatic carbocycles. The molecule has 102 valence electrons. The summed E-state index contributed by atoms with van der Waals surface area (Å²) in [7, 11) is 0. The lowest BCUT2D eigenvalue weighted by atomic mass is 9.78. The van der Waals surface area contributed by atoms with Crippen LogP contribution in [0.5, 0.6) is 0 Å². The third kappa shape index (κ3) is 2.66. The van der Waals surface area contributed by atoms with Gasteiger partial charge in [-0.05, 0) is 40.0 Å². The Bertz CT molecular complexity index is 343. The quantitative estimate of drug-likeness (QED) is 0.670. The van der Waals surface area contributed by atoms with Gasteiger partial charge < -0.3 is 14.3 Å². The molecule has 1 unspecified atom stereocenters. The highest BCUT2D eigenvalue weighted by Crippen LogP contribution is 2.39. The Kier molecular flexibility index (Phi) is 3.36. The van der Waals surface area contributed by atoms with E-state index in [-0.39, 0.29) is 12.2 Å². The average Bonchev–Trinajstić information content (AvgIpc) is 2.23. The van der Waals surface area contributed by atoms with E-state index in [1.807, 2.05) is 20.8 Å². The molecule has 2 rings (SSSR count). The number of carbonyl (C=O) groups is 2. The first-order valence-electron chi connectivity index (χ1n) is 6.44. The number of ether oxygens (including phenoxy) is 2. The fraction of sp³-hybridized carbons (Fsp3) is 0.846. The van der Waals surface area contributed by atoms with Gasteiger partial charge >= 0.3 is 6.09 Å². The van der Waals surface area contributed by atoms with Crippen LogP contribution in [0.3, 0.4) is 0 Å². The summed E-state index contributed by atoms with van der Waals surface area (Å²) in [6, 6.07) is -0.522. The van der Waals surface area contributed by atoms with Gasteiger partial charge in [0, 0.05) is 0 Å². The monoisotopic (exact) mass is 255 g/mol. The lowest BCUT2D eigenvalue weighted by Crippen LogP contribution is -2.62. The Morgan fingerprint density at radius 1 is 1.44 bits per heavy atom. The second kappa shape index (κ2) is 4.53. The van der Waals surface area contributed by atoms with Crippen molar-refractivity contribution in [2.24, 2.45) is 0 Å². The summed E-state index contributed by atoms with van der Waals surface area (Å²) < 4.78 is 11.1. The zero-order chi connectivity index (χ0) is 13.4. The van der Waals surface area contributed by atoms with Crippen LogP contribution in [0.1, 0.15) is 40.0 Å². The molecule has 2 fully saturated rings. The highest BCUT2D eigenvalue weighted by atomic mass is 16.6. The molecule has 1 atom stereocenters. The Balaban J connectivity index is 2.06. The Morgan fingerprint density at radius 3 is 2.56 bits per heavy atom. The minimum absolute atomic E-state index is 0.226. The highest BCUT2D eigenvalue weighted by Gasteiger charge is 2.47. The summed E-state index contributed by atoms with van der Waals surface area (Å²) in [5, 5.41) is 0. The molecular formula is C13H21NO4. The molecule has 1 heterocycles. The van der Waals surface area contributed by atoms with Crippen LogP contribution in [0.2, 0.25) is 0 Å². The molecule has 0 aromatic rings. The predicted molar refractivity (Wildman–Crippen MR) is 65.3 cm³/mol. The van der Waals surface area contributed by atoms with E-state index >= 15 is 0 Å². The van der Waals surface area contributed by atoms with Gasteiger partial charge in [0.1, 0.15) is 17.9 Å². The lowest BCUT2D eigenvalue weighted by molar-refractivity contribution is -0.168. The molecule has 18 heavy (non-hydrogen) atoms. The van der Waals surface area contributed by atoms with Crippen LogP contribution in [-0.4, -0.2) is 47.7 Å². The molecule has 0 aromatic heterocycles. The van der Waals surface area contributed by atoms with E-state index in [1.165, 1.54) is 4.90 Å². The molecule has 0 bridgehead atoms. The highest BCUT2D eigenvalue weighted by molar-refractivity contribution is 5.74. The molecule has 1 saturated carbocycles. The van der Waals surface area contributed by atoms with Crippen molar-refractivity contribution in [2.75, 3.05) is 13.2 Å². The van der Waals surface area contributed by atoms with Crippen molar-refractivity contribution in [3.63, 3.8) is 0 Å². The first kappa shape index (κ1) is 13.3. The standard InChI is InChI=1S/C13H21NO4/c1-12(2,3)18-11(16)14-9-13(5-4-6-13)17-8-10(14)7-15/h7,10H,4-6,8-9H2,1-3H3. The van der Waals surface area contributed by atoms with Crippen LogP contribution in [0.25, 0.3) is 0 Å². The summed E-state index contributed by atoms with van der Waals surface area (Å²) in [6.45, 7) is 6.20. The van der Waals surface area contributed by atoms with Crippen molar-refractivity contribution in [1.82, 2.24) is 4.90 Å². The van der Waals surface area contributed by atoms with E-state index in [0.29, 0.717) is 6.54 Å². The SMILES string of the molecule is CC(C)(C)OC(=O)N1CC2(CCC2)OCC1C=O. The van der Waals surface area contributed by atoms with Crippen LogP contribution in [0.4, 0.5) is 4.79 Å². The van der Waals surface area contributed by atoms with E-state index in [9.17, 15) is 9.59 Å². The van der Waals surface area contributed by atoms with Crippen molar-refractivity contribution in [1.29, 1.82) is 0 Å². The number of rotatable bonds is 1. The Morgan fingerprint density at radius 2 is 2.11 bits per heavy atom. The molecule has 1 aliphatic heterocycles. The summed E-state index contributed by atoms with van der Waals surface area (Å²) in [4.78, 5) is 24.6. The Hall–Kier alpha value is -1.10. The molecule has 5 heteroatoms. The minimum Gasteiger partial charge on any atom is -0.444 e. The molecule has 5 nitrogen and oxygen atoms in total. The van der Waals surface area contributed by atoms with Crippen LogP contribution >= 0.6 is 0 Å². The Labute approximate surface area is 107 Å². The van der Waals surface area contributed by atoms with E-state index in [0.717, 1.165) is 25.5 Å². The third-order valence-corrected chi connectivity index (χ3v) is 3.47. The number of carbonyl (C=O) groups excluding carboxylic acids is 2. The first-order chi connectivity index (χ1) is 8.35. The molecule has 1 amide bonds. The molecule has 1 saturated heterocycles. The van der Waals surface area contributed by atoms with E-state index < -0.39 is 17.7 Å². The first-order valence-corrected chi connectivity index (χ1v) is 6.44. The largest absolute Gasteiger partial charge is 0.444 e. The summed E-state index contributed by atoms with van der Waals surface area (Å²) >= 11 is 0.